The van der Waals surface area contributed by atoms with Crippen molar-refractivity contribution in [2.75, 3.05) is 12.9 Å². The summed E-state index contributed by atoms with van der Waals surface area (Å²) >= 11 is 0. The average Bonchev–Trinajstić information content (AvgIpc) is 3.43. The molecule has 144 valence electrons. The Balaban J connectivity index is 2.04. The first-order chi connectivity index (χ1) is 12.1. The molecule has 0 saturated heterocycles. The highest BCUT2D eigenvalue weighted by molar-refractivity contribution is 7.90. The van der Waals surface area contributed by atoms with Gasteiger partial charge in [0, 0.05) is 11.8 Å². The lowest BCUT2D eigenvalue weighted by molar-refractivity contribution is -0.161. The largest absolute Gasteiger partial charge is 0.449 e. The Morgan fingerprint density at radius 3 is 2.27 bits per heavy atom. The van der Waals surface area contributed by atoms with Crippen LogP contribution in [-0.2, 0) is 24.1 Å². The molecule has 1 fully saturated rings. The maximum Gasteiger partial charge on any atom is 0.333 e. The molecule has 0 heterocycles. The summed E-state index contributed by atoms with van der Waals surface area (Å²) in [6.07, 6.45) is 3.64. The number of ketones is 1. The Bertz CT molecular complexity index is 764. The summed E-state index contributed by atoms with van der Waals surface area (Å²) in [6, 6.07) is 5.63. The van der Waals surface area contributed by atoms with Crippen molar-refractivity contribution in [1.29, 1.82) is 0 Å². The Kier molecular flexibility index (Phi) is 6.24. The van der Waals surface area contributed by atoms with E-state index in [1.165, 1.54) is 24.3 Å². The van der Waals surface area contributed by atoms with Crippen LogP contribution < -0.4 is 0 Å². The normalized spacial score (nSPS) is 18.0. The van der Waals surface area contributed by atoms with Crippen molar-refractivity contribution in [2.45, 2.75) is 56.6 Å². The SMILES string of the molecule is CC[C@@](C)(OC(=O)COC(C)C1CC1)C(=O)c1ccc(S(C)(=O)=O)cc1. The van der Waals surface area contributed by atoms with E-state index < -0.39 is 21.4 Å². The lowest BCUT2D eigenvalue weighted by Crippen LogP contribution is -2.41. The summed E-state index contributed by atoms with van der Waals surface area (Å²) in [5.41, 5.74) is -1.03. The van der Waals surface area contributed by atoms with E-state index in [-0.39, 0.29) is 23.4 Å². The maximum atomic E-state index is 12.8. The number of hydrogen-bond acceptors (Lipinski definition) is 6. The lowest BCUT2D eigenvalue weighted by Gasteiger charge is -2.27. The quantitative estimate of drug-likeness (QED) is 0.482. The summed E-state index contributed by atoms with van der Waals surface area (Å²) in [5.74, 6) is -0.443. The Morgan fingerprint density at radius 2 is 1.81 bits per heavy atom. The number of ether oxygens (including phenoxy) is 2. The lowest BCUT2D eigenvalue weighted by atomic mass is 9.92. The van der Waals surface area contributed by atoms with Crippen LogP contribution in [0, 0.1) is 5.92 Å². The van der Waals surface area contributed by atoms with Crippen LogP contribution in [0.3, 0.4) is 0 Å². The summed E-state index contributed by atoms with van der Waals surface area (Å²) in [6.45, 7) is 5.05. The van der Waals surface area contributed by atoms with E-state index in [0.717, 1.165) is 19.1 Å². The minimum absolute atomic E-state index is 0.00895. The molecule has 1 unspecified atom stereocenters. The topological polar surface area (TPSA) is 86.7 Å². The second kappa shape index (κ2) is 7.88. The molecule has 1 aliphatic rings. The van der Waals surface area contributed by atoms with Crippen LogP contribution in [0.25, 0.3) is 0 Å². The molecular weight excluding hydrogens is 356 g/mol. The molecule has 1 aliphatic carbocycles. The molecule has 2 rings (SSSR count). The number of hydrogen-bond donors (Lipinski definition) is 0. The number of carbonyl (C=O) groups is 2. The zero-order valence-electron chi connectivity index (χ0n) is 15.7. The Labute approximate surface area is 154 Å². The summed E-state index contributed by atoms with van der Waals surface area (Å²) in [5, 5.41) is 0. The molecule has 1 saturated carbocycles. The predicted octanol–water partition coefficient (Wildman–Crippen LogP) is 2.80. The van der Waals surface area contributed by atoms with Crippen molar-refractivity contribution in [3.8, 4) is 0 Å². The fourth-order valence-electron chi connectivity index (χ4n) is 2.62. The van der Waals surface area contributed by atoms with Crippen molar-refractivity contribution in [2.24, 2.45) is 5.92 Å². The predicted molar refractivity (Wildman–Crippen MR) is 96.8 cm³/mol. The van der Waals surface area contributed by atoms with Crippen molar-refractivity contribution in [3.05, 3.63) is 29.8 Å². The van der Waals surface area contributed by atoms with E-state index in [4.69, 9.17) is 9.47 Å². The molecule has 0 aliphatic heterocycles. The van der Waals surface area contributed by atoms with Gasteiger partial charge in [-0.15, -0.1) is 0 Å². The smallest absolute Gasteiger partial charge is 0.333 e. The monoisotopic (exact) mass is 382 g/mol. The van der Waals surface area contributed by atoms with Crippen LogP contribution in [-0.4, -0.2) is 44.7 Å². The molecule has 0 radical (unpaired) electrons. The van der Waals surface area contributed by atoms with Gasteiger partial charge >= 0.3 is 5.97 Å². The zero-order valence-corrected chi connectivity index (χ0v) is 16.5. The molecule has 7 heteroatoms. The van der Waals surface area contributed by atoms with E-state index in [2.05, 4.69) is 0 Å². The fraction of sp³-hybridized carbons (Fsp3) is 0.579. The third-order valence-electron chi connectivity index (χ3n) is 4.79. The van der Waals surface area contributed by atoms with Gasteiger partial charge in [-0.3, -0.25) is 4.79 Å². The maximum absolute atomic E-state index is 12.8. The second-order valence-electron chi connectivity index (χ2n) is 7.04. The standard InChI is InChI=1S/C19H26O6S/c1-5-19(3,25-17(20)12-24-13(2)14-6-7-14)18(21)15-8-10-16(11-9-15)26(4,22)23/h8-11,13-14H,5-7,12H2,1-4H3/t13?,19-/m1/s1. The second-order valence-corrected chi connectivity index (χ2v) is 9.05. The molecule has 1 aromatic carbocycles. The van der Waals surface area contributed by atoms with Crippen LogP contribution >= 0.6 is 0 Å². The van der Waals surface area contributed by atoms with Gasteiger partial charge in [0.25, 0.3) is 0 Å². The van der Waals surface area contributed by atoms with E-state index >= 15 is 0 Å². The number of esters is 1. The molecular formula is C19H26O6S. The van der Waals surface area contributed by atoms with Crippen LogP contribution in [0.2, 0.25) is 0 Å². The van der Waals surface area contributed by atoms with E-state index in [9.17, 15) is 18.0 Å². The third-order valence-corrected chi connectivity index (χ3v) is 5.92. The van der Waals surface area contributed by atoms with Gasteiger partial charge in [0.05, 0.1) is 11.0 Å². The molecule has 0 spiro atoms. The Hall–Kier alpha value is -1.73. The molecule has 0 aromatic heterocycles. The van der Waals surface area contributed by atoms with Crippen molar-refractivity contribution >= 4 is 21.6 Å². The summed E-state index contributed by atoms with van der Waals surface area (Å²) < 4.78 is 34.0. The van der Waals surface area contributed by atoms with Gasteiger partial charge in [-0.25, -0.2) is 13.2 Å². The number of benzene rings is 1. The number of rotatable bonds is 9. The van der Waals surface area contributed by atoms with Gasteiger partial charge in [-0.05, 0) is 63.3 Å². The van der Waals surface area contributed by atoms with E-state index in [0.29, 0.717) is 17.9 Å². The van der Waals surface area contributed by atoms with Gasteiger partial charge in [0.1, 0.15) is 6.61 Å². The number of Topliss-reactive ketones (excluding diaryl/α,β-unsaturated/α-hetero) is 1. The fourth-order valence-corrected chi connectivity index (χ4v) is 3.25. The van der Waals surface area contributed by atoms with Gasteiger partial charge in [0.2, 0.25) is 5.78 Å². The highest BCUT2D eigenvalue weighted by Gasteiger charge is 2.37. The average molecular weight is 382 g/mol. The molecule has 1 aromatic rings. The van der Waals surface area contributed by atoms with Crippen molar-refractivity contribution < 1.29 is 27.5 Å². The van der Waals surface area contributed by atoms with Crippen molar-refractivity contribution in [1.82, 2.24) is 0 Å². The zero-order chi connectivity index (χ0) is 19.5. The third kappa shape index (κ3) is 5.14. The van der Waals surface area contributed by atoms with Gasteiger partial charge in [0.15, 0.2) is 15.4 Å². The molecule has 0 N–H and O–H groups in total. The summed E-state index contributed by atoms with van der Waals surface area (Å²) in [7, 11) is -3.34. The van der Waals surface area contributed by atoms with Gasteiger partial charge in [-0.1, -0.05) is 6.92 Å². The molecule has 6 nitrogen and oxygen atoms in total. The van der Waals surface area contributed by atoms with E-state index in [1.807, 2.05) is 6.92 Å². The highest BCUT2D eigenvalue weighted by atomic mass is 32.2. The number of carbonyl (C=O) groups excluding carboxylic acids is 2. The van der Waals surface area contributed by atoms with Crippen molar-refractivity contribution in [3.63, 3.8) is 0 Å². The first-order valence-electron chi connectivity index (χ1n) is 8.75. The first kappa shape index (κ1) is 20.6. The number of sulfone groups is 1. The minimum Gasteiger partial charge on any atom is -0.449 e. The molecule has 26 heavy (non-hydrogen) atoms. The van der Waals surface area contributed by atoms with Crippen LogP contribution in [0.15, 0.2) is 29.2 Å². The molecule has 0 amide bonds. The van der Waals surface area contributed by atoms with E-state index in [1.54, 1.807) is 13.8 Å². The molecule has 2 atom stereocenters. The first-order valence-corrected chi connectivity index (χ1v) is 10.6. The summed E-state index contributed by atoms with van der Waals surface area (Å²) in [4.78, 5) is 25.0. The minimum atomic E-state index is -3.34. The van der Waals surface area contributed by atoms with Gasteiger partial charge < -0.3 is 9.47 Å². The molecule has 0 bridgehead atoms. The van der Waals surface area contributed by atoms with Crippen LogP contribution in [0.4, 0.5) is 0 Å². The Morgan fingerprint density at radius 1 is 1.23 bits per heavy atom. The highest BCUT2D eigenvalue weighted by Crippen LogP contribution is 2.34. The van der Waals surface area contributed by atoms with Gasteiger partial charge in [-0.2, -0.15) is 0 Å². The van der Waals surface area contributed by atoms with Crippen LogP contribution in [0.1, 0.15) is 50.4 Å². The van der Waals surface area contributed by atoms with Crippen LogP contribution in [0.5, 0.6) is 0 Å².